The molecule has 143 heavy (non-hydrogen) atoms. The van der Waals surface area contributed by atoms with E-state index in [1.165, 1.54) is 16.3 Å². The Kier molecular flexibility index (Phi) is 24.0. The fraction of sp³-hybridized carbons (Fsp3) is 0.165. The Labute approximate surface area is 837 Å². The first-order valence-corrected chi connectivity index (χ1v) is 49.3. The van der Waals surface area contributed by atoms with Gasteiger partial charge in [0.1, 0.15) is 39.2 Å². The van der Waals surface area contributed by atoms with Crippen LogP contribution in [-0.4, -0.2) is 62.1 Å². The molecule has 0 bridgehead atoms. The average Bonchev–Trinajstić information content (AvgIpc) is 1.62. The molecule has 3 saturated heterocycles. The molecule has 704 valence electrons. The van der Waals surface area contributed by atoms with E-state index in [1.54, 1.807) is 7.11 Å². The number of aryl methyl sites for hydroxylation is 2. The standard InChI is InChI=1S/C46H38BNO3.C43H38BNO4.C38H36BNO3/c1-45(2)46(3,4)51-47(50-45)36-26-34(31-15-7-5-8-16-31)25-35(27-36)41-29-39(30-42-40-21-13-14-22-43(40)49-44(41)42)48(37-19-9-6-10-20-37)38-24-23-32-17-11-12-18-33(32)28-38;1-42(2)43(3,4)49-44(48-42)32-23-21-29(22-24-32)30-13-11-14-31(25-30)38-27-35(28-39-37-19-9-10-20-40(37)47-41(38)39)45(33-15-7-6-8-16-33)34-17-12-18-36(26-34)46-5;1-25-16-18-30(19-17-25)40(29-12-8-7-9-13-29)31-23-33(36-34(24-31)32-14-10-11-15-35(32)41-36)27-20-26(2)21-28(22-27)39-42-37(3,4)38(5,6)43-39/h5-30H,1-4H3;6-28H,1-5H3;7-24H,1-6H3. The summed E-state index contributed by atoms with van der Waals surface area (Å²) in [4.78, 5) is 6.92. The maximum absolute atomic E-state index is 6.74. The lowest BCUT2D eigenvalue weighted by atomic mass is 9.76. The van der Waals surface area contributed by atoms with Crippen molar-refractivity contribution >= 4 is 166 Å². The molecule has 0 amide bonds. The number of anilines is 9. The molecule has 3 aliphatic heterocycles. The van der Waals surface area contributed by atoms with Crippen molar-refractivity contribution in [3.8, 4) is 61.4 Å². The van der Waals surface area contributed by atoms with Crippen molar-refractivity contribution in [1.82, 2.24) is 0 Å². The Bertz CT molecular complexity index is 8300. The topological polar surface area (TPSA) is 114 Å². The monoisotopic (exact) mass is 1870 g/mol. The first kappa shape index (κ1) is 92.8. The lowest BCUT2D eigenvalue weighted by Crippen LogP contribution is -2.41. The quantitative estimate of drug-likeness (QED) is 0.0760. The van der Waals surface area contributed by atoms with E-state index >= 15 is 0 Å². The second-order valence-corrected chi connectivity index (χ2v) is 40.8. The zero-order chi connectivity index (χ0) is 98.4. The third kappa shape index (κ3) is 17.8. The van der Waals surface area contributed by atoms with Crippen LogP contribution < -0.4 is 35.8 Å². The molecular formula is C127H112B3N3O10. The van der Waals surface area contributed by atoms with E-state index in [0.717, 1.165) is 200 Å². The van der Waals surface area contributed by atoms with Crippen LogP contribution in [0.15, 0.2) is 420 Å². The van der Waals surface area contributed by atoms with Crippen LogP contribution in [0.1, 0.15) is 94.2 Å². The third-order valence-electron chi connectivity index (χ3n) is 29.6. The summed E-state index contributed by atoms with van der Waals surface area (Å²) >= 11 is 0. The van der Waals surface area contributed by atoms with Crippen LogP contribution in [0.3, 0.4) is 0 Å². The molecule has 24 rings (SSSR count). The van der Waals surface area contributed by atoms with Gasteiger partial charge in [-0.1, -0.05) is 272 Å². The number of rotatable bonds is 18. The van der Waals surface area contributed by atoms with Crippen molar-refractivity contribution in [3.63, 3.8) is 0 Å². The van der Waals surface area contributed by atoms with Gasteiger partial charge in [-0.2, -0.15) is 0 Å². The van der Waals surface area contributed by atoms with E-state index in [9.17, 15) is 0 Å². The van der Waals surface area contributed by atoms with Crippen molar-refractivity contribution in [2.45, 2.75) is 131 Å². The number of ether oxygens (including phenoxy) is 1. The number of para-hydroxylation sites is 6. The molecule has 3 aliphatic rings. The van der Waals surface area contributed by atoms with Crippen molar-refractivity contribution in [2.24, 2.45) is 0 Å². The molecule has 6 heterocycles. The molecule has 16 heteroatoms. The van der Waals surface area contributed by atoms with Gasteiger partial charge in [0.2, 0.25) is 0 Å². The Morgan fingerprint density at radius 2 is 0.545 bits per heavy atom. The van der Waals surface area contributed by atoms with E-state index in [-0.39, 0.29) is 11.2 Å². The highest BCUT2D eigenvalue weighted by Gasteiger charge is 2.54. The van der Waals surface area contributed by atoms with Crippen LogP contribution in [0, 0.1) is 13.8 Å². The van der Waals surface area contributed by atoms with Crippen molar-refractivity contribution < 1.29 is 45.9 Å². The summed E-state index contributed by atoms with van der Waals surface area (Å²) in [5.74, 6) is 0.797. The molecule has 0 radical (unpaired) electrons. The van der Waals surface area contributed by atoms with Gasteiger partial charge in [-0.25, -0.2) is 0 Å². The summed E-state index contributed by atoms with van der Waals surface area (Å²) in [5.41, 5.74) is 28.1. The van der Waals surface area contributed by atoms with Gasteiger partial charge in [0.25, 0.3) is 0 Å². The zero-order valence-electron chi connectivity index (χ0n) is 83.3. The van der Waals surface area contributed by atoms with Crippen molar-refractivity contribution in [1.29, 1.82) is 0 Å². The molecule has 13 nitrogen and oxygen atoms in total. The van der Waals surface area contributed by atoms with Crippen molar-refractivity contribution in [3.05, 3.63) is 418 Å². The smallest absolute Gasteiger partial charge is 0.494 e. The van der Waals surface area contributed by atoms with Crippen LogP contribution in [0.4, 0.5) is 51.2 Å². The molecule has 0 N–H and O–H groups in total. The predicted octanol–water partition coefficient (Wildman–Crippen LogP) is 32.2. The predicted molar refractivity (Wildman–Crippen MR) is 593 cm³/mol. The van der Waals surface area contributed by atoms with Gasteiger partial charge in [0.05, 0.1) is 40.7 Å². The molecule has 0 unspecified atom stereocenters. The number of hydrogen-bond acceptors (Lipinski definition) is 13. The number of methoxy groups -OCH3 is 1. The van der Waals surface area contributed by atoms with Gasteiger partial charge in [-0.05, 0) is 303 Å². The van der Waals surface area contributed by atoms with E-state index in [4.69, 9.17) is 45.9 Å². The number of fused-ring (bicyclic) bond motifs is 10. The lowest BCUT2D eigenvalue weighted by molar-refractivity contribution is 0.00578. The van der Waals surface area contributed by atoms with Gasteiger partial charge in [-0.3, -0.25) is 0 Å². The molecule has 3 fully saturated rings. The van der Waals surface area contributed by atoms with Crippen molar-refractivity contribution in [2.75, 3.05) is 21.8 Å². The first-order chi connectivity index (χ1) is 69.0. The molecular weight excluding hydrogens is 1760 g/mol. The number of furan rings is 3. The summed E-state index contributed by atoms with van der Waals surface area (Å²) in [6.45, 7) is 29.3. The summed E-state index contributed by atoms with van der Waals surface area (Å²) in [6, 6.07) is 143. The first-order valence-electron chi connectivity index (χ1n) is 49.3. The van der Waals surface area contributed by atoms with Crippen LogP contribution >= 0.6 is 0 Å². The van der Waals surface area contributed by atoms with Crippen LogP contribution in [0.2, 0.25) is 0 Å². The van der Waals surface area contributed by atoms with E-state index in [2.05, 4.69) is 463 Å². The average molecular weight is 1870 g/mol. The number of hydrogen-bond donors (Lipinski definition) is 0. The number of nitrogens with zero attached hydrogens (tertiary/aromatic N) is 3. The largest absolute Gasteiger partial charge is 0.497 e. The fourth-order valence-corrected chi connectivity index (χ4v) is 19.8. The van der Waals surface area contributed by atoms with Crippen LogP contribution in [-0.2, 0) is 27.9 Å². The maximum atomic E-state index is 6.74. The normalized spacial score (nSPS) is 15.4. The summed E-state index contributed by atoms with van der Waals surface area (Å²) < 4.78 is 64.4. The Morgan fingerprint density at radius 3 is 1.01 bits per heavy atom. The Morgan fingerprint density at radius 1 is 0.210 bits per heavy atom. The van der Waals surface area contributed by atoms with E-state index < -0.39 is 43.8 Å². The van der Waals surface area contributed by atoms with Crippen LogP contribution in [0.5, 0.6) is 5.75 Å². The SMILES string of the molecule is CC1(C)OB(c2cc(-c3ccccc3)cc(-c3cc(N(c4ccccc4)c4ccc5ccccc5c4)cc4c3oc3ccccc34)c2)OC1(C)C.COc1cccc(N(c2ccccc2)c2cc(-c3cccc(-c4ccc(B5OC(C)(C)C(C)(C)O5)cc4)c3)c3oc4ccccc4c3c2)c1.Cc1ccc(N(c2ccccc2)c2cc(-c3cc(C)cc(B4OC(C)(C)C(C)(C)O4)c3)c3oc4ccccc4c3c2)cc1. The zero-order valence-corrected chi connectivity index (χ0v) is 83.3. The molecule has 0 aliphatic carbocycles. The van der Waals surface area contributed by atoms with Gasteiger partial charge in [-0.15, -0.1) is 0 Å². The molecule has 0 atom stereocenters. The highest BCUT2D eigenvalue weighted by Crippen LogP contribution is 2.51. The molecule has 3 aromatic heterocycles. The minimum Gasteiger partial charge on any atom is -0.497 e. The highest BCUT2D eigenvalue weighted by molar-refractivity contribution is 6.63. The van der Waals surface area contributed by atoms with Gasteiger partial charge in [0, 0.05) is 106 Å². The van der Waals surface area contributed by atoms with E-state index in [0.29, 0.717) is 0 Å². The highest BCUT2D eigenvalue weighted by atomic mass is 16.7. The Hall–Kier alpha value is -15.2. The second kappa shape index (κ2) is 37.0. The minimum atomic E-state index is -0.523. The maximum Gasteiger partial charge on any atom is 0.494 e. The van der Waals surface area contributed by atoms with Crippen LogP contribution in [0.25, 0.3) is 132 Å². The molecule has 0 spiro atoms. The minimum absolute atomic E-state index is 0.385. The summed E-state index contributed by atoms with van der Waals surface area (Å²) in [5, 5.41) is 8.84. The summed E-state index contributed by atoms with van der Waals surface area (Å²) in [6.07, 6.45) is 0. The summed E-state index contributed by atoms with van der Waals surface area (Å²) in [7, 11) is 0.328. The molecule has 0 saturated carbocycles. The lowest BCUT2D eigenvalue weighted by Gasteiger charge is -2.32. The number of benzene rings is 18. The Balaban J connectivity index is 0.000000123. The van der Waals surface area contributed by atoms with Gasteiger partial charge < -0.3 is 60.6 Å². The second-order valence-electron chi connectivity index (χ2n) is 40.8. The van der Waals surface area contributed by atoms with Gasteiger partial charge >= 0.3 is 21.4 Å². The fourth-order valence-electron chi connectivity index (χ4n) is 19.8. The molecule has 21 aromatic rings. The third-order valence-corrected chi connectivity index (χ3v) is 29.6. The van der Waals surface area contributed by atoms with Gasteiger partial charge in [0.15, 0.2) is 0 Å². The van der Waals surface area contributed by atoms with E-state index in [1.807, 2.05) is 54.6 Å². The molecule has 18 aromatic carbocycles.